The van der Waals surface area contributed by atoms with E-state index in [-0.39, 0.29) is 0 Å². The predicted molar refractivity (Wildman–Crippen MR) is 132 cm³/mol. The van der Waals surface area contributed by atoms with Crippen molar-refractivity contribution in [2.75, 3.05) is 0 Å². The van der Waals surface area contributed by atoms with Crippen LogP contribution in [0.15, 0.2) is 97.6 Å². The lowest BCUT2D eigenvalue weighted by atomic mass is 10.1. The fraction of sp³-hybridized carbons (Fsp3) is 0. The molecule has 0 radical (unpaired) electrons. The number of thiophene rings is 1. The van der Waals surface area contributed by atoms with Gasteiger partial charge in [0.2, 0.25) is 0 Å². The van der Waals surface area contributed by atoms with Crippen LogP contribution in [0.3, 0.4) is 0 Å². The lowest BCUT2D eigenvalue weighted by Crippen LogP contribution is -2.01. The molecular formula is C27H16N4S. The van der Waals surface area contributed by atoms with Gasteiger partial charge in [-0.05, 0) is 17.7 Å². The van der Waals surface area contributed by atoms with E-state index in [0.29, 0.717) is 0 Å². The van der Waals surface area contributed by atoms with Gasteiger partial charge in [0, 0.05) is 38.8 Å². The number of nitrogens with zero attached hydrogens (tertiary/aromatic N) is 4. The van der Waals surface area contributed by atoms with Gasteiger partial charge in [-0.2, -0.15) is 0 Å². The van der Waals surface area contributed by atoms with Gasteiger partial charge < -0.3 is 0 Å². The molecule has 0 N–H and O–H groups in total. The van der Waals surface area contributed by atoms with E-state index in [1.165, 1.54) is 20.2 Å². The van der Waals surface area contributed by atoms with Crippen LogP contribution in [0.25, 0.3) is 59.1 Å². The minimum absolute atomic E-state index is 0.877. The molecule has 0 unspecified atom stereocenters. The largest absolute Gasteiger partial charge is 0.292 e. The molecule has 32 heavy (non-hydrogen) atoms. The van der Waals surface area contributed by atoms with Gasteiger partial charge in [-0.15, -0.1) is 11.3 Å². The van der Waals surface area contributed by atoms with Crippen LogP contribution >= 0.6 is 11.3 Å². The SMILES string of the molecule is c1ccc(-c2cncnc2-n2c3ccccc3c3cnc4c5ccccc5sc4c32)cc1. The molecule has 3 aromatic carbocycles. The first kappa shape index (κ1) is 17.6. The second-order valence-corrected chi connectivity index (χ2v) is 8.83. The first-order valence-corrected chi connectivity index (χ1v) is 11.3. The molecule has 4 aromatic heterocycles. The van der Waals surface area contributed by atoms with Crippen LogP contribution in [0, 0.1) is 0 Å². The Kier molecular flexibility index (Phi) is 3.68. The number of pyridine rings is 1. The number of hydrogen-bond donors (Lipinski definition) is 0. The van der Waals surface area contributed by atoms with Crippen molar-refractivity contribution < 1.29 is 0 Å². The first-order valence-electron chi connectivity index (χ1n) is 10.5. The summed E-state index contributed by atoms with van der Waals surface area (Å²) in [7, 11) is 0. The molecule has 0 spiro atoms. The van der Waals surface area contributed by atoms with Crippen molar-refractivity contribution in [3.05, 3.63) is 97.6 Å². The topological polar surface area (TPSA) is 43.6 Å². The smallest absolute Gasteiger partial charge is 0.148 e. The van der Waals surface area contributed by atoms with Crippen LogP contribution in [0.1, 0.15) is 0 Å². The first-order chi connectivity index (χ1) is 15.9. The maximum absolute atomic E-state index is 4.90. The van der Waals surface area contributed by atoms with Crippen molar-refractivity contribution in [2.24, 2.45) is 0 Å². The van der Waals surface area contributed by atoms with Crippen molar-refractivity contribution in [3.63, 3.8) is 0 Å². The number of para-hydroxylation sites is 1. The van der Waals surface area contributed by atoms with E-state index in [2.05, 4.69) is 70.2 Å². The third kappa shape index (κ3) is 2.40. The molecular weight excluding hydrogens is 412 g/mol. The summed E-state index contributed by atoms with van der Waals surface area (Å²) in [5.41, 5.74) is 5.40. The van der Waals surface area contributed by atoms with E-state index < -0.39 is 0 Å². The predicted octanol–water partition coefficient (Wildman–Crippen LogP) is 7.00. The molecule has 0 saturated heterocycles. The molecule has 0 bridgehead atoms. The second kappa shape index (κ2) is 6.70. The van der Waals surface area contributed by atoms with Gasteiger partial charge in [0.25, 0.3) is 0 Å². The van der Waals surface area contributed by atoms with E-state index >= 15 is 0 Å². The number of aromatic nitrogens is 4. The summed E-state index contributed by atoms with van der Waals surface area (Å²) < 4.78 is 4.71. The Morgan fingerprint density at radius 1 is 0.688 bits per heavy atom. The van der Waals surface area contributed by atoms with Gasteiger partial charge >= 0.3 is 0 Å². The molecule has 0 fully saturated rings. The molecule has 0 aliphatic carbocycles. The summed E-state index contributed by atoms with van der Waals surface area (Å²) in [5.74, 6) is 0.877. The zero-order valence-corrected chi connectivity index (χ0v) is 17.8. The summed E-state index contributed by atoms with van der Waals surface area (Å²) in [5, 5.41) is 3.50. The van der Waals surface area contributed by atoms with Crippen molar-refractivity contribution >= 4 is 53.4 Å². The molecule has 0 atom stereocenters. The molecule has 7 rings (SSSR count). The maximum atomic E-state index is 4.90. The van der Waals surface area contributed by atoms with Crippen molar-refractivity contribution in [2.45, 2.75) is 0 Å². The Bertz CT molecular complexity index is 1780. The molecule has 0 aliphatic rings. The van der Waals surface area contributed by atoms with Crippen molar-refractivity contribution in [3.8, 4) is 16.9 Å². The second-order valence-electron chi connectivity index (χ2n) is 7.78. The highest BCUT2D eigenvalue weighted by Crippen LogP contribution is 2.42. The monoisotopic (exact) mass is 428 g/mol. The highest BCUT2D eigenvalue weighted by atomic mass is 32.1. The minimum atomic E-state index is 0.877. The number of rotatable bonds is 2. The normalized spacial score (nSPS) is 11.8. The van der Waals surface area contributed by atoms with E-state index in [0.717, 1.165) is 38.9 Å². The Labute approximate surface area is 187 Å². The Morgan fingerprint density at radius 2 is 1.47 bits per heavy atom. The lowest BCUT2D eigenvalue weighted by Gasteiger charge is -2.12. The average molecular weight is 429 g/mol. The number of fused-ring (bicyclic) bond motifs is 7. The molecule has 0 aliphatic heterocycles. The summed E-state index contributed by atoms with van der Waals surface area (Å²) in [6.07, 6.45) is 5.55. The molecule has 5 heteroatoms. The van der Waals surface area contributed by atoms with Gasteiger partial charge in [-0.3, -0.25) is 9.55 Å². The third-order valence-electron chi connectivity index (χ3n) is 6.01. The maximum Gasteiger partial charge on any atom is 0.148 e. The number of hydrogen-bond acceptors (Lipinski definition) is 4. The fourth-order valence-corrected chi connectivity index (χ4v) is 5.81. The third-order valence-corrected chi connectivity index (χ3v) is 7.18. The number of benzene rings is 3. The standard InChI is InChI=1S/C27H16N4S/c1-2-8-17(9-3-1)20-14-28-16-30-27(20)31-22-12-6-4-10-18(22)21-15-29-24-19-11-5-7-13-23(19)32-26(24)25(21)31/h1-16H. The highest BCUT2D eigenvalue weighted by molar-refractivity contribution is 7.26. The van der Waals surface area contributed by atoms with Gasteiger partial charge in [-0.1, -0.05) is 66.7 Å². The molecule has 4 heterocycles. The highest BCUT2D eigenvalue weighted by Gasteiger charge is 2.20. The minimum Gasteiger partial charge on any atom is -0.292 e. The van der Waals surface area contributed by atoms with Gasteiger partial charge in [-0.25, -0.2) is 9.97 Å². The summed E-state index contributed by atoms with van der Waals surface area (Å²) >= 11 is 1.79. The lowest BCUT2D eigenvalue weighted by molar-refractivity contribution is 1.04. The van der Waals surface area contributed by atoms with Gasteiger partial charge in [0.05, 0.1) is 21.3 Å². The zero-order valence-electron chi connectivity index (χ0n) is 16.9. The van der Waals surface area contributed by atoms with Crippen LogP contribution in [0.5, 0.6) is 0 Å². The molecule has 150 valence electrons. The Morgan fingerprint density at radius 3 is 2.38 bits per heavy atom. The van der Waals surface area contributed by atoms with Crippen LogP contribution in [-0.2, 0) is 0 Å². The molecule has 0 amide bonds. The quantitative estimate of drug-likeness (QED) is 0.298. The Hall–Kier alpha value is -4.09. The van der Waals surface area contributed by atoms with Crippen molar-refractivity contribution in [1.29, 1.82) is 0 Å². The van der Waals surface area contributed by atoms with E-state index in [1.807, 2.05) is 30.6 Å². The van der Waals surface area contributed by atoms with E-state index in [9.17, 15) is 0 Å². The molecule has 0 saturated carbocycles. The van der Waals surface area contributed by atoms with Gasteiger partial charge in [0.1, 0.15) is 12.1 Å². The van der Waals surface area contributed by atoms with Crippen LogP contribution in [0.4, 0.5) is 0 Å². The van der Waals surface area contributed by atoms with Crippen molar-refractivity contribution in [1.82, 2.24) is 19.5 Å². The van der Waals surface area contributed by atoms with E-state index in [4.69, 9.17) is 9.97 Å². The summed E-state index contributed by atoms with van der Waals surface area (Å²) in [6.45, 7) is 0. The molecule has 7 aromatic rings. The van der Waals surface area contributed by atoms with Crippen LogP contribution < -0.4 is 0 Å². The van der Waals surface area contributed by atoms with E-state index in [1.54, 1.807) is 17.7 Å². The summed E-state index contributed by atoms with van der Waals surface area (Å²) in [6, 6.07) is 27.3. The summed E-state index contributed by atoms with van der Waals surface area (Å²) in [4.78, 5) is 14.0. The van der Waals surface area contributed by atoms with Crippen LogP contribution in [0.2, 0.25) is 0 Å². The van der Waals surface area contributed by atoms with Crippen LogP contribution in [-0.4, -0.2) is 19.5 Å². The average Bonchev–Trinajstić information content (AvgIpc) is 3.40. The fourth-order valence-electron chi connectivity index (χ4n) is 4.61. The zero-order chi connectivity index (χ0) is 21.1. The Balaban J connectivity index is 1.70. The van der Waals surface area contributed by atoms with Gasteiger partial charge in [0.15, 0.2) is 0 Å². The molecule has 4 nitrogen and oxygen atoms in total.